The molecule has 18 heavy (non-hydrogen) atoms. The molecular formula is C13H14N4O. The Morgan fingerprint density at radius 2 is 2.17 bits per heavy atom. The minimum atomic E-state index is -0.251. The van der Waals surface area contributed by atoms with Gasteiger partial charge < -0.3 is 11.1 Å². The molecule has 2 aromatic rings. The van der Waals surface area contributed by atoms with E-state index in [1.54, 1.807) is 18.5 Å². The number of pyridine rings is 2. The Hall–Kier alpha value is -2.43. The van der Waals surface area contributed by atoms with Crippen molar-refractivity contribution in [1.82, 2.24) is 15.3 Å². The van der Waals surface area contributed by atoms with Gasteiger partial charge in [-0.15, -0.1) is 0 Å². The van der Waals surface area contributed by atoms with Crippen LogP contribution >= 0.6 is 0 Å². The summed E-state index contributed by atoms with van der Waals surface area (Å²) in [4.78, 5) is 20.1. The van der Waals surface area contributed by atoms with Crippen LogP contribution in [-0.2, 0) is 0 Å². The Morgan fingerprint density at radius 3 is 2.83 bits per heavy atom. The minimum absolute atomic E-state index is 0.182. The Bertz CT molecular complexity index is 542. The summed E-state index contributed by atoms with van der Waals surface area (Å²) < 4.78 is 0. The van der Waals surface area contributed by atoms with Crippen molar-refractivity contribution in [3.8, 4) is 0 Å². The monoisotopic (exact) mass is 242 g/mol. The van der Waals surface area contributed by atoms with Gasteiger partial charge in [-0.3, -0.25) is 14.8 Å². The van der Waals surface area contributed by atoms with Crippen LogP contribution in [0.4, 0.5) is 5.69 Å². The Kier molecular flexibility index (Phi) is 3.52. The number of carbonyl (C=O) groups excluding carboxylic acids is 1. The predicted molar refractivity (Wildman–Crippen MR) is 68.8 cm³/mol. The predicted octanol–water partition coefficient (Wildman–Crippen LogP) is 1.55. The summed E-state index contributed by atoms with van der Waals surface area (Å²) in [6.07, 6.45) is 4.69. The normalized spacial score (nSPS) is 11.8. The maximum Gasteiger partial charge on any atom is 0.255 e. The zero-order valence-corrected chi connectivity index (χ0v) is 10.00. The van der Waals surface area contributed by atoms with Crippen LogP contribution in [0.15, 0.2) is 42.9 Å². The summed E-state index contributed by atoms with van der Waals surface area (Å²) in [5.41, 5.74) is 7.31. The summed E-state index contributed by atoms with van der Waals surface area (Å²) in [6.45, 7) is 1.87. The molecule has 0 aliphatic carbocycles. The number of nitrogens with one attached hydrogen (secondary N) is 1. The number of hydrogen-bond donors (Lipinski definition) is 2. The molecule has 1 amide bonds. The number of hydrogen-bond acceptors (Lipinski definition) is 4. The van der Waals surface area contributed by atoms with Crippen molar-refractivity contribution in [3.05, 3.63) is 54.1 Å². The van der Waals surface area contributed by atoms with E-state index in [1.165, 1.54) is 6.20 Å². The molecule has 0 radical (unpaired) electrons. The number of nitrogens with two attached hydrogens (primary N) is 1. The van der Waals surface area contributed by atoms with E-state index in [9.17, 15) is 4.79 Å². The molecule has 5 nitrogen and oxygen atoms in total. The van der Waals surface area contributed by atoms with Gasteiger partial charge in [0.25, 0.3) is 5.91 Å². The highest BCUT2D eigenvalue weighted by molar-refractivity contribution is 5.98. The lowest BCUT2D eigenvalue weighted by Gasteiger charge is -2.13. The summed E-state index contributed by atoms with van der Waals surface area (Å²) >= 11 is 0. The van der Waals surface area contributed by atoms with Gasteiger partial charge in [0.15, 0.2) is 0 Å². The maximum atomic E-state index is 12.0. The first kappa shape index (κ1) is 12.0. The molecule has 0 saturated heterocycles. The Labute approximate surface area is 105 Å². The van der Waals surface area contributed by atoms with Crippen LogP contribution in [-0.4, -0.2) is 15.9 Å². The number of nitrogen functional groups attached to an aromatic ring is 1. The fraction of sp³-hybridized carbons (Fsp3) is 0.154. The van der Waals surface area contributed by atoms with Crippen LogP contribution in [0.5, 0.6) is 0 Å². The molecule has 92 valence electrons. The van der Waals surface area contributed by atoms with Crippen molar-refractivity contribution >= 4 is 11.6 Å². The number of anilines is 1. The second-order valence-corrected chi connectivity index (χ2v) is 3.91. The van der Waals surface area contributed by atoms with Crippen molar-refractivity contribution in [2.24, 2.45) is 0 Å². The van der Waals surface area contributed by atoms with Crippen LogP contribution in [0.3, 0.4) is 0 Å². The van der Waals surface area contributed by atoms with Crippen molar-refractivity contribution in [2.75, 3.05) is 5.73 Å². The standard InChI is InChI=1S/C13H14N4O/c1-9(12-4-2-3-6-16-12)17-13(18)10-8-15-7-5-11(10)14/h2-9H,1H3,(H2,14,15)(H,17,18). The third kappa shape index (κ3) is 2.63. The van der Waals surface area contributed by atoms with Gasteiger partial charge in [-0.2, -0.15) is 0 Å². The number of rotatable bonds is 3. The van der Waals surface area contributed by atoms with E-state index in [4.69, 9.17) is 5.73 Å². The number of carbonyl (C=O) groups is 1. The largest absolute Gasteiger partial charge is 0.398 e. The van der Waals surface area contributed by atoms with Gasteiger partial charge >= 0.3 is 0 Å². The van der Waals surface area contributed by atoms with E-state index in [2.05, 4.69) is 15.3 Å². The lowest BCUT2D eigenvalue weighted by atomic mass is 10.2. The van der Waals surface area contributed by atoms with Crippen LogP contribution in [0.25, 0.3) is 0 Å². The second kappa shape index (κ2) is 5.27. The highest BCUT2D eigenvalue weighted by Gasteiger charge is 2.14. The molecule has 1 unspecified atom stereocenters. The molecule has 0 spiro atoms. The fourth-order valence-electron chi connectivity index (χ4n) is 1.58. The van der Waals surface area contributed by atoms with E-state index >= 15 is 0 Å². The van der Waals surface area contributed by atoms with Gasteiger partial charge in [-0.1, -0.05) is 6.07 Å². The topological polar surface area (TPSA) is 80.9 Å². The number of nitrogens with zero attached hydrogens (tertiary/aromatic N) is 2. The molecule has 5 heteroatoms. The van der Waals surface area contributed by atoms with Gasteiger partial charge in [-0.05, 0) is 25.1 Å². The van der Waals surface area contributed by atoms with E-state index in [1.807, 2.05) is 25.1 Å². The molecule has 0 fully saturated rings. The highest BCUT2D eigenvalue weighted by atomic mass is 16.1. The summed E-state index contributed by atoms with van der Waals surface area (Å²) in [6, 6.07) is 6.98. The zero-order valence-electron chi connectivity index (χ0n) is 10.00. The first-order valence-electron chi connectivity index (χ1n) is 5.60. The third-order valence-corrected chi connectivity index (χ3v) is 2.58. The van der Waals surface area contributed by atoms with Crippen LogP contribution in [0, 0.1) is 0 Å². The molecular weight excluding hydrogens is 228 g/mol. The molecule has 0 bridgehead atoms. The zero-order chi connectivity index (χ0) is 13.0. The molecule has 3 N–H and O–H groups in total. The first-order chi connectivity index (χ1) is 8.68. The van der Waals surface area contributed by atoms with E-state index < -0.39 is 0 Å². The lowest BCUT2D eigenvalue weighted by molar-refractivity contribution is 0.0939. The molecule has 0 aliphatic heterocycles. The third-order valence-electron chi connectivity index (χ3n) is 2.58. The lowest BCUT2D eigenvalue weighted by Crippen LogP contribution is -2.28. The van der Waals surface area contributed by atoms with E-state index in [-0.39, 0.29) is 11.9 Å². The molecule has 2 aromatic heterocycles. The molecule has 1 atom stereocenters. The van der Waals surface area contributed by atoms with Gasteiger partial charge in [0.1, 0.15) is 0 Å². The smallest absolute Gasteiger partial charge is 0.255 e. The first-order valence-corrected chi connectivity index (χ1v) is 5.60. The molecule has 0 saturated carbocycles. The van der Waals surface area contributed by atoms with Crippen LogP contribution in [0.2, 0.25) is 0 Å². The summed E-state index contributed by atoms with van der Waals surface area (Å²) in [5.74, 6) is -0.251. The SMILES string of the molecule is CC(NC(=O)c1cnccc1N)c1ccccn1. The Balaban J connectivity index is 2.11. The highest BCUT2D eigenvalue weighted by Crippen LogP contribution is 2.12. The quantitative estimate of drug-likeness (QED) is 0.855. The average Bonchev–Trinajstić information content (AvgIpc) is 2.40. The van der Waals surface area contributed by atoms with Crippen molar-refractivity contribution in [1.29, 1.82) is 0 Å². The fourth-order valence-corrected chi connectivity index (χ4v) is 1.58. The second-order valence-electron chi connectivity index (χ2n) is 3.91. The van der Waals surface area contributed by atoms with E-state index in [0.717, 1.165) is 5.69 Å². The van der Waals surface area contributed by atoms with Gasteiger partial charge in [0, 0.05) is 24.3 Å². The summed E-state index contributed by atoms with van der Waals surface area (Å²) in [5, 5.41) is 2.83. The molecule has 2 rings (SSSR count). The van der Waals surface area contributed by atoms with E-state index in [0.29, 0.717) is 11.3 Å². The van der Waals surface area contributed by atoms with Gasteiger partial charge in [-0.25, -0.2) is 0 Å². The Morgan fingerprint density at radius 1 is 1.33 bits per heavy atom. The van der Waals surface area contributed by atoms with Crippen LogP contribution in [0.1, 0.15) is 29.0 Å². The van der Waals surface area contributed by atoms with Crippen LogP contribution < -0.4 is 11.1 Å². The molecule has 0 aliphatic rings. The summed E-state index contributed by atoms with van der Waals surface area (Å²) in [7, 11) is 0. The molecule has 2 heterocycles. The van der Waals surface area contributed by atoms with Crippen molar-refractivity contribution < 1.29 is 4.79 Å². The average molecular weight is 242 g/mol. The molecule has 0 aromatic carbocycles. The number of aromatic nitrogens is 2. The van der Waals surface area contributed by atoms with Crippen molar-refractivity contribution in [2.45, 2.75) is 13.0 Å². The number of amides is 1. The maximum absolute atomic E-state index is 12.0. The van der Waals surface area contributed by atoms with Gasteiger partial charge in [0.05, 0.1) is 17.3 Å². The van der Waals surface area contributed by atoms with Gasteiger partial charge in [0.2, 0.25) is 0 Å². The minimum Gasteiger partial charge on any atom is -0.398 e. The van der Waals surface area contributed by atoms with Crippen molar-refractivity contribution in [3.63, 3.8) is 0 Å².